The van der Waals surface area contributed by atoms with E-state index in [-0.39, 0.29) is 35.6 Å². The summed E-state index contributed by atoms with van der Waals surface area (Å²) in [6.07, 6.45) is 4.86. The molecule has 172 valence electrons. The van der Waals surface area contributed by atoms with E-state index in [0.29, 0.717) is 24.2 Å². The molecule has 3 aromatic heterocycles. The second-order valence-electron chi connectivity index (χ2n) is 8.12. The standard InChI is InChI=1S/C22H23N5O4S2/c1-14-20(15(2)31-25-14)33(29,30)27-9-7-17(8-10-27)21(28)23-18-5-3-16(4-6-18)19-13-26-11-12-32-22(26)24-19/h3-6,11-13,17H,7-10H2,1-2H3,(H,23,28). The molecule has 1 amide bonds. The number of carbonyl (C=O) groups is 1. The predicted molar refractivity (Wildman–Crippen MR) is 125 cm³/mol. The number of nitrogens with one attached hydrogen (secondary N) is 1. The Bertz CT molecular complexity index is 1360. The van der Waals surface area contributed by atoms with Crippen LogP contribution < -0.4 is 5.32 Å². The van der Waals surface area contributed by atoms with Crippen molar-refractivity contribution in [2.24, 2.45) is 5.92 Å². The molecular formula is C22H23N5O4S2. The van der Waals surface area contributed by atoms with Crippen LogP contribution in [0.25, 0.3) is 16.2 Å². The van der Waals surface area contributed by atoms with Gasteiger partial charge in [-0.05, 0) is 38.8 Å². The Kier molecular flexibility index (Phi) is 5.55. The molecule has 0 spiro atoms. The van der Waals surface area contributed by atoms with E-state index in [9.17, 15) is 13.2 Å². The van der Waals surface area contributed by atoms with E-state index in [0.717, 1.165) is 16.2 Å². The van der Waals surface area contributed by atoms with Crippen molar-refractivity contribution in [3.8, 4) is 11.3 Å². The number of anilines is 1. The maximum absolute atomic E-state index is 13.0. The van der Waals surface area contributed by atoms with Crippen LogP contribution in [0, 0.1) is 19.8 Å². The molecule has 1 fully saturated rings. The Balaban J connectivity index is 1.20. The minimum absolute atomic E-state index is 0.0976. The van der Waals surface area contributed by atoms with Crippen LogP contribution in [0.5, 0.6) is 0 Å². The molecule has 4 aromatic rings. The van der Waals surface area contributed by atoms with Gasteiger partial charge in [0.1, 0.15) is 10.6 Å². The lowest BCUT2D eigenvalue weighted by molar-refractivity contribution is -0.120. The summed E-state index contributed by atoms with van der Waals surface area (Å²) >= 11 is 1.58. The molecule has 1 aromatic carbocycles. The molecule has 4 heterocycles. The van der Waals surface area contributed by atoms with Gasteiger partial charge in [0, 0.05) is 48.0 Å². The van der Waals surface area contributed by atoms with Crippen molar-refractivity contribution in [1.82, 2.24) is 18.8 Å². The number of piperidine rings is 1. The Morgan fingerprint density at radius 3 is 2.55 bits per heavy atom. The number of rotatable bonds is 5. The van der Waals surface area contributed by atoms with Crippen LogP contribution in [0.3, 0.4) is 0 Å². The van der Waals surface area contributed by atoms with E-state index in [2.05, 4.69) is 15.5 Å². The van der Waals surface area contributed by atoms with Gasteiger partial charge in [0.05, 0.1) is 5.69 Å². The SMILES string of the molecule is Cc1noc(C)c1S(=O)(=O)N1CCC(C(=O)Nc2ccc(-c3cn4ccsc4n3)cc2)CC1. The number of amides is 1. The number of thiazole rings is 1. The van der Waals surface area contributed by atoms with Crippen molar-refractivity contribution < 1.29 is 17.7 Å². The van der Waals surface area contributed by atoms with Crippen molar-refractivity contribution in [3.05, 3.63) is 53.5 Å². The first-order chi connectivity index (χ1) is 15.8. The molecule has 33 heavy (non-hydrogen) atoms. The molecule has 11 heteroatoms. The Morgan fingerprint density at radius 2 is 1.91 bits per heavy atom. The summed E-state index contributed by atoms with van der Waals surface area (Å²) in [5.74, 6) is -0.0634. The number of hydrogen-bond acceptors (Lipinski definition) is 7. The summed E-state index contributed by atoms with van der Waals surface area (Å²) in [6.45, 7) is 3.76. The van der Waals surface area contributed by atoms with Crippen LogP contribution >= 0.6 is 11.3 Å². The molecule has 0 radical (unpaired) electrons. The van der Waals surface area contributed by atoms with Gasteiger partial charge in [0.25, 0.3) is 0 Å². The topological polar surface area (TPSA) is 110 Å². The molecule has 5 rings (SSSR count). The zero-order valence-corrected chi connectivity index (χ0v) is 19.8. The Hall–Kier alpha value is -3.02. The maximum atomic E-state index is 13.0. The van der Waals surface area contributed by atoms with Crippen LogP contribution in [-0.2, 0) is 14.8 Å². The summed E-state index contributed by atoms with van der Waals surface area (Å²) < 4.78 is 34.3. The lowest BCUT2D eigenvalue weighted by Gasteiger charge is -2.30. The second kappa shape index (κ2) is 8.40. The van der Waals surface area contributed by atoms with Gasteiger partial charge < -0.3 is 9.84 Å². The summed E-state index contributed by atoms with van der Waals surface area (Å²) in [5.41, 5.74) is 2.91. The quantitative estimate of drug-likeness (QED) is 0.462. The molecule has 1 aliphatic heterocycles. The molecule has 1 N–H and O–H groups in total. The summed E-state index contributed by atoms with van der Waals surface area (Å²) in [7, 11) is -3.69. The summed E-state index contributed by atoms with van der Waals surface area (Å²) in [4.78, 5) is 18.4. The summed E-state index contributed by atoms with van der Waals surface area (Å²) in [5, 5.41) is 8.69. The highest BCUT2D eigenvalue weighted by Gasteiger charge is 2.35. The third kappa shape index (κ3) is 4.07. The second-order valence-corrected chi connectivity index (χ2v) is 10.9. The number of hydrogen-bond donors (Lipinski definition) is 1. The molecule has 0 bridgehead atoms. The van der Waals surface area contributed by atoms with E-state index in [4.69, 9.17) is 4.52 Å². The Labute approximate surface area is 195 Å². The van der Waals surface area contributed by atoms with E-state index in [1.807, 2.05) is 46.4 Å². The van der Waals surface area contributed by atoms with Gasteiger partial charge >= 0.3 is 0 Å². The number of carbonyl (C=O) groups excluding carboxylic acids is 1. The van der Waals surface area contributed by atoms with E-state index in [1.165, 1.54) is 4.31 Å². The van der Waals surface area contributed by atoms with E-state index >= 15 is 0 Å². The van der Waals surface area contributed by atoms with Gasteiger partial charge in [0.15, 0.2) is 10.7 Å². The van der Waals surface area contributed by atoms with Gasteiger partial charge in [-0.2, -0.15) is 4.31 Å². The van der Waals surface area contributed by atoms with Gasteiger partial charge in [-0.1, -0.05) is 17.3 Å². The number of aromatic nitrogens is 3. The Morgan fingerprint density at radius 1 is 1.18 bits per heavy atom. The smallest absolute Gasteiger partial charge is 0.248 e. The highest BCUT2D eigenvalue weighted by Crippen LogP contribution is 2.29. The number of sulfonamides is 1. The largest absolute Gasteiger partial charge is 0.360 e. The van der Waals surface area contributed by atoms with Gasteiger partial charge in [-0.15, -0.1) is 11.3 Å². The molecule has 0 aliphatic carbocycles. The van der Waals surface area contributed by atoms with Crippen molar-refractivity contribution in [1.29, 1.82) is 0 Å². The predicted octanol–water partition coefficient (Wildman–Crippen LogP) is 3.71. The first-order valence-corrected chi connectivity index (χ1v) is 12.9. The monoisotopic (exact) mass is 485 g/mol. The number of nitrogens with zero attached hydrogens (tertiary/aromatic N) is 4. The average Bonchev–Trinajstić information content (AvgIpc) is 3.49. The molecular weight excluding hydrogens is 462 g/mol. The maximum Gasteiger partial charge on any atom is 0.248 e. The van der Waals surface area contributed by atoms with Gasteiger partial charge in [0.2, 0.25) is 15.9 Å². The van der Waals surface area contributed by atoms with Crippen molar-refractivity contribution in [3.63, 3.8) is 0 Å². The number of fused-ring (bicyclic) bond motifs is 1. The molecule has 0 unspecified atom stereocenters. The van der Waals surface area contributed by atoms with Crippen LogP contribution in [0.1, 0.15) is 24.3 Å². The van der Waals surface area contributed by atoms with Crippen LogP contribution in [0.2, 0.25) is 0 Å². The highest BCUT2D eigenvalue weighted by atomic mass is 32.2. The highest BCUT2D eigenvalue weighted by molar-refractivity contribution is 7.89. The molecule has 1 aliphatic rings. The third-order valence-electron chi connectivity index (χ3n) is 5.93. The van der Waals surface area contributed by atoms with Crippen molar-refractivity contribution >= 4 is 37.9 Å². The third-order valence-corrected chi connectivity index (χ3v) is 8.85. The number of imidazole rings is 1. The van der Waals surface area contributed by atoms with E-state index < -0.39 is 10.0 Å². The van der Waals surface area contributed by atoms with Crippen molar-refractivity contribution in [2.45, 2.75) is 31.6 Å². The van der Waals surface area contributed by atoms with Crippen LogP contribution in [-0.4, -0.2) is 46.3 Å². The first-order valence-electron chi connectivity index (χ1n) is 10.6. The normalized spacial score (nSPS) is 15.8. The van der Waals surface area contributed by atoms with Crippen molar-refractivity contribution in [2.75, 3.05) is 18.4 Å². The molecule has 0 atom stereocenters. The zero-order valence-electron chi connectivity index (χ0n) is 18.2. The van der Waals surface area contributed by atoms with Gasteiger partial charge in [-0.3, -0.25) is 9.20 Å². The van der Waals surface area contributed by atoms with Crippen LogP contribution in [0.15, 0.2) is 51.5 Å². The minimum Gasteiger partial charge on any atom is -0.360 e. The number of aryl methyl sites for hydroxylation is 2. The zero-order chi connectivity index (χ0) is 23.2. The average molecular weight is 486 g/mol. The first kappa shape index (κ1) is 21.8. The lowest BCUT2D eigenvalue weighted by Crippen LogP contribution is -2.41. The number of benzene rings is 1. The molecule has 9 nitrogen and oxygen atoms in total. The fraction of sp³-hybridized carbons (Fsp3) is 0.318. The molecule has 1 saturated heterocycles. The van der Waals surface area contributed by atoms with E-state index in [1.54, 1.807) is 25.2 Å². The fourth-order valence-electron chi connectivity index (χ4n) is 4.17. The summed E-state index contributed by atoms with van der Waals surface area (Å²) in [6, 6.07) is 7.58. The molecule has 0 saturated carbocycles. The van der Waals surface area contributed by atoms with Gasteiger partial charge in [-0.25, -0.2) is 13.4 Å². The fourth-order valence-corrected chi connectivity index (χ4v) is 6.63. The minimum atomic E-state index is -3.69. The van der Waals surface area contributed by atoms with Crippen LogP contribution in [0.4, 0.5) is 5.69 Å². The lowest BCUT2D eigenvalue weighted by atomic mass is 9.97.